The lowest BCUT2D eigenvalue weighted by Gasteiger charge is -2.38. The van der Waals surface area contributed by atoms with Crippen LogP contribution in [0.3, 0.4) is 0 Å². The van der Waals surface area contributed by atoms with Crippen molar-refractivity contribution < 1.29 is 23.9 Å². The lowest BCUT2D eigenvalue weighted by Crippen LogP contribution is -2.55. The van der Waals surface area contributed by atoms with E-state index in [-0.39, 0.29) is 24.1 Å². The molecule has 3 aliphatic heterocycles. The Labute approximate surface area is 283 Å². The van der Waals surface area contributed by atoms with Crippen molar-refractivity contribution in [3.63, 3.8) is 0 Å². The molecule has 252 valence electrons. The van der Waals surface area contributed by atoms with Crippen LogP contribution in [0.5, 0.6) is 0 Å². The van der Waals surface area contributed by atoms with Crippen LogP contribution in [0.2, 0.25) is 0 Å². The molecule has 3 amide bonds. The Balaban J connectivity index is 1.15. The Morgan fingerprint density at radius 1 is 0.980 bits per heavy atom. The highest BCUT2D eigenvalue weighted by Gasteiger charge is 2.65. The summed E-state index contributed by atoms with van der Waals surface area (Å²) in [4.78, 5) is 55.3. The van der Waals surface area contributed by atoms with E-state index in [0.29, 0.717) is 38.2 Å². The van der Waals surface area contributed by atoms with E-state index in [9.17, 15) is 19.2 Å². The lowest BCUT2D eigenvalue weighted by atomic mass is 9.76. The van der Waals surface area contributed by atoms with Gasteiger partial charge in [-0.3, -0.25) is 14.4 Å². The number of fused-ring (bicyclic) bond motifs is 13. The molecule has 11 nitrogen and oxygen atoms in total. The van der Waals surface area contributed by atoms with E-state index in [1.165, 1.54) is 0 Å². The van der Waals surface area contributed by atoms with E-state index >= 15 is 0 Å². The van der Waals surface area contributed by atoms with Gasteiger partial charge in [-0.1, -0.05) is 42.5 Å². The molecule has 0 aliphatic carbocycles. The van der Waals surface area contributed by atoms with Crippen LogP contribution >= 0.6 is 0 Å². The molecule has 3 atom stereocenters. The van der Waals surface area contributed by atoms with Gasteiger partial charge < -0.3 is 39.5 Å². The molecule has 8 rings (SSSR count). The number of benzene rings is 3. The van der Waals surface area contributed by atoms with Crippen LogP contribution in [0.15, 0.2) is 60.7 Å². The fraction of sp³-hybridized carbons (Fsp3) is 0.368. The second kappa shape index (κ2) is 11.6. The zero-order chi connectivity index (χ0) is 34.1. The SMILES string of the molecule is CN(C)C/C=C/C(=O)NCCCCCNC(=O)[C@@]1(C=O)CC2O[C@]1(C)n1c3ccccc3c3c4c(c5c6ccccc6n2c5c31)C(=O)NC4. The Morgan fingerprint density at radius 3 is 2.41 bits per heavy atom. The first kappa shape index (κ1) is 31.3. The number of para-hydroxylation sites is 2. The quantitative estimate of drug-likeness (QED) is 0.0832. The van der Waals surface area contributed by atoms with Gasteiger partial charge in [0.05, 0.1) is 27.6 Å². The van der Waals surface area contributed by atoms with Crippen molar-refractivity contribution >= 4 is 67.6 Å². The first-order valence-electron chi connectivity index (χ1n) is 17.0. The predicted molar refractivity (Wildman–Crippen MR) is 188 cm³/mol. The van der Waals surface area contributed by atoms with Crippen LogP contribution in [0, 0.1) is 5.41 Å². The van der Waals surface area contributed by atoms with Crippen molar-refractivity contribution in [1.82, 2.24) is 30.0 Å². The molecule has 1 fully saturated rings. The number of aromatic nitrogens is 2. The zero-order valence-corrected chi connectivity index (χ0v) is 28.0. The number of hydrogen-bond acceptors (Lipinski definition) is 6. The molecule has 49 heavy (non-hydrogen) atoms. The van der Waals surface area contributed by atoms with E-state index < -0.39 is 17.4 Å². The van der Waals surface area contributed by atoms with Crippen LogP contribution in [0.1, 0.15) is 54.8 Å². The molecule has 3 aliphatic rings. The van der Waals surface area contributed by atoms with Gasteiger partial charge >= 0.3 is 0 Å². The van der Waals surface area contributed by atoms with Gasteiger partial charge in [0.25, 0.3) is 5.91 Å². The van der Waals surface area contributed by atoms with E-state index in [0.717, 1.165) is 68.3 Å². The highest BCUT2D eigenvalue weighted by atomic mass is 16.5. The summed E-state index contributed by atoms with van der Waals surface area (Å²) in [6.45, 7) is 3.89. The van der Waals surface area contributed by atoms with Gasteiger partial charge in [-0.2, -0.15) is 0 Å². The topological polar surface area (TPSA) is 127 Å². The Hall–Kier alpha value is -5.00. The number of nitrogens with zero attached hydrogens (tertiary/aromatic N) is 3. The van der Waals surface area contributed by atoms with Crippen molar-refractivity contribution in [3.05, 3.63) is 71.8 Å². The fourth-order valence-electron chi connectivity index (χ4n) is 8.44. The van der Waals surface area contributed by atoms with Gasteiger partial charge in [0, 0.05) is 60.2 Å². The molecule has 2 aromatic heterocycles. The number of nitrogens with one attached hydrogen (secondary N) is 3. The molecule has 2 bridgehead atoms. The van der Waals surface area contributed by atoms with E-state index in [4.69, 9.17) is 4.74 Å². The average molecular weight is 661 g/mol. The first-order valence-corrected chi connectivity index (χ1v) is 17.0. The van der Waals surface area contributed by atoms with Gasteiger partial charge in [0.15, 0.2) is 11.1 Å². The molecular formula is C38H40N6O5. The summed E-state index contributed by atoms with van der Waals surface area (Å²) >= 11 is 0. The minimum Gasteiger partial charge on any atom is -0.355 e. The Kier molecular flexibility index (Phi) is 7.38. The molecule has 0 radical (unpaired) electrons. The Bertz CT molecular complexity index is 2250. The van der Waals surface area contributed by atoms with Crippen molar-refractivity contribution in [1.29, 1.82) is 0 Å². The maximum atomic E-state index is 14.4. The molecule has 1 saturated heterocycles. The standard InChI is InChI=1S/C38H40N6O5/c1-37-38(22-45,36(48)40-18-10-4-9-17-39-28(46)16-11-19-42(2)3)20-29(49-37)43-26-14-7-5-12-23(26)31-32-25(21-41-35(32)47)30-24-13-6-8-15-27(24)44(37)34(30)33(31)43/h5-8,11-16,22,29H,4,9-10,17-21H2,1-3H3,(H,39,46)(H,40,48)(H,41,47)/b16-11+/t29?,37-,38-/m0/s1. The van der Waals surface area contributed by atoms with Crippen molar-refractivity contribution in [3.8, 4) is 0 Å². The summed E-state index contributed by atoms with van der Waals surface area (Å²) in [5, 5.41) is 12.7. The van der Waals surface area contributed by atoms with Crippen molar-refractivity contribution in [2.24, 2.45) is 5.41 Å². The third-order valence-electron chi connectivity index (χ3n) is 10.7. The van der Waals surface area contributed by atoms with E-state index in [1.807, 2.05) is 80.5 Å². The number of rotatable bonds is 11. The number of carbonyl (C=O) groups excluding carboxylic acids is 4. The normalized spacial score (nSPS) is 22.5. The number of hydrogen-bond donors (Lipinski definition) is 3. The summed E-state index contributed by atoms with van der Waals surface area (Å²) in [7, 11) is 3.89. The second-order valence-corrected chi connectivity index (χ2v) is 13.8. The third-order valence-corrected chi connectivity index (χ3v) is 10.7. The summed E-state index contributed by atoms with van der Waals surface area (Å²) in [5.74, 6) is -0.584. The number of likely N-dealkylation sites (N-methyl/N-ethyl adjacent to an activating group) is 1. The Morgan fingerprint density at radius 2 is 1.67 bits per heavy atom. The van der Waals surface area contributed by atoms with Gasteiger partial charge in [-0.15, -0.1) is 0 Å². The van der Waals surface area contributed by atoms with E-state index in [2.05, 4.69) is 25.1 Å². The van der Waals surface area contributed by atoms with Crippen LogP contribution in [0.4, 0.5) is 0 Å². The number of ether oxygens (including phenoxy) is 1. The highest BCUT2D eigenvalue weighted by molar-refractivity contribution is 6.31. The molecule has 11 heteroatoms. The number of aldehydes is 1. The average Bonchev–Trinajstić information content (AvgIpc) is 3.80. The summed E-state index contributed by atoms with van der Waals surface area (Å²) in [6, 6.07) is 15.9. The maximum Gasteiger partial charge on any atom is 0.252 e. The first-order chi connectivity index (χ1) is 23.7. The van der Waals surface area contributed by atoms with Crippen LogP contribution < -0.4 is 16.0 Å². The monoisotopic (exact) mass is 660 g/mol. The minimum atomic E-state index is -1.54. The zero-order valence-electron chi connectivity index (χ0n) is 28.0. The van der Waals surface area contributed by atoms with Crippen molar-refractivity contribution in [2.45, 2.75) is 51.1 Å². The van der Waals surface area contributed by atoms with Gasteiger partial charge in [0.2, 0.25) is 11.8 Å². The van der Waals surface area contributed by atoms with Crippen LogP contribution in [-0.2, 0) is 31.4 Å². The minimum absolute atomic E-state index is 0.0981. The van der Waals surface area contributed by atoms with Gasteiger partial charge in [0.1, 0.15) is 12.5 Å². The smallest absolute Gasteiger partial charge is 0.252 e. The number of carbonyl (C=O) groups is 4. The number of unbranched alkanes of at least 4 members (excludes halogenated alkanes) is 2. The van der Waals surface area contributed by atoms with Gasteiger partial charge in [-0.05, 0) is 58.0 Å². The summed E-state index contributed by atoms with van der Waals surface area (Å²) < 4.78 is 11.2. The van der Waals surface area contributed by atoms with Crippen LogP contribution in [-0.4, -0.2) is 71.8 Å². The molecule has 1 unspecified atom stereocenters. The van der Waals surface area contributed by atoms with E-state index in [1.54, 1.807) is 6.08 Å². The third kappa shape index (κ3) is 4.41. The molecular weight excluding hydrogens is 620 g/mol. The van der Waals surface area contributed by atoms with Crippen LogP contribution in [0.25, 0.3) is 43.6 Å². The predicted octanol–water partition coefficient (Wildman–Crippen LogP) is 4.46. The van der Waals surface area contributed by atoms with Gasteiger partial charge in [-0.25, -0.2) is 0 Å². The molecule has 0 spiro atoms. The molecule has 3 aromatic carbocycles. The highest BCUT2D eigenvalue weighted by Crippen LogP contribution is 2.60. The maximum absolute atomic E-state index is 14.4. The lowest BCUT2D eigenvalue weighted by molar-refractivity contribution is -0.166. The van der Waals surface area contributed by atoms with Crippen molar-refractivity contribution in [2.75, 3.05) is 33.7 Å². The fourth-order valence-corrected chi connectivity index (χ4v) is 8.44. The number of amides is 3. The summed E-state index contributed by atoms with van der Waals surface area (Å²) in [5.41, 5.74) is 2.18. The molecule has 0 saturated carbocycles. The molecule has 5 aromatic rings. The summed E-state index contributed by atoms with van der Waals surface area (Å²) in [6.07, 6.45) is 5.93. The molecule has 3 N–H and O–H groups in total. The molecule has 5 heterocycles. The largest absolute Gasteiger partial charge is 0.355 e. The second-order valence-electron chi connectivity index (χ2n) is 13.8.